The summed E-state index contributed by atoms with van der Waals surface area (Å²) < 4.78 is 14.2. The zero-order valence-corrected chi connectivity index (χ0v) is 12.7. The van der Waals surface area contributed by atoms with E-state index in [1.165, 1.54) is 18.9 Å². The molecule has 1 aromatic rings. The van der Waals surface area contributed by atoms with E-state index in [0.717, 1.165) is 32.5 Å². The van der Waals surface area contributed by atoms with E-state index in [0.29, 0.717) is 18.2 Å². The van der Waals surface area contributed by atoms with Crippen molar-refractivity contribution in [3.63, 3.8) is 0 Å². The Bertz CT molecular complexity index is 489. The van der Waals surface area contributed by atoms with Crippen molar-refractivity contribution in [1.82, 2.24) is 10.2 Å². The number of nitrogens with zero attached hydrogens (tertiary/aromatic N) is 2. The molecule has 1 unspecified atom stereocenters. The molecule has 4 heteroatoms. The number of benzene rings is 1. The highest BCUT2D eigenvalue weighted by atomic mass is 19.1. The lowest BCUT2D eigenvalue weighted by molar-refractivity contribution is 0.234. The second kappa shape index (κ2) is 8.11. The predicted molar refractivity (Wildman–Crippen MR) is 82.3 cm³/mol. The van der Waals surface area contributed by atoms with Crippen molar-refractivity contribution in [2.24, 2.45) is 0 Å². The first-order chi connectivity index (χ1) is 10.2. The number of nitriles is 1. The molecule has 1 fully saturated rings. The summed E-state index contributed by atoms with van der Waals surface area (Å²) >= 11 is 0. The number of nitrogens with one attached hydrogen (secondary N) is 1. The first-order valence-corrected chi connectivity index (χ1v) is 7.87. The second-order valence-electron chi connectivity index (χ2n) is 5.77. The Kier molecular flexibility index (Phi) is 6.16. The molecule has 0 bridgehead atoms. The van der Waals surface area contributed by atoms with Gasteiger partial charge in [-0.05, 0) is 38.4 Å². The monoisotopic (exact) mass is 289 g/mol. The molecular formula is C17H24FN3. The van der Waals surface area contributed by atoms with Gasteiger partial charge in [0.2, 0.25) is 0 Å². The molecule has 2 rings (SSSR count). The van der Waals surface area contributed by atoms with Crippen LogP contribution in [0.1, 0.15) is 43.7 Å². The minimum Gasteiger partial charge on any atom is -0.313 e. The van der Waals surface area contributed by atoms with Crippen molar-refractivity contribution in [2.45, 2.75) is 45.2 Å². The predicted octanol–water partition coefficient (Wildman–Crippen LogP) is 3.05. The van der Waals surface area contributed by atoms with Gasteiger partial charge in [-0.25, -0.2) is 4.39 Å². The van der Waals surface area contributed by atoms with Crippen molar-refractivity contribution in [3.05, 3.63) is 35.1 Å². The SMILES string of the molecule is CCCCN(Cc1cccc(C#N)c1F)CC1CCCN1. The minimum absolute atomic E-state index is 0.141. The van der Waals surface area contributed by atoms with E-state index in [9.17, 15) is 4.39 Å². The average Bonchev–Trinajstić information content (AvgIpc) is 3.00. The molecule has 1 atom stereocenters. The van der Waals surface area contributed by atoms with Gasteiger partial charge in [-0.2, -0.15) is 5.26 Å². The molecule has 0 aliphatic carbocycles. The van der Waals surface area contributed by atoms with Gasteiger partial charge in [-0.1, -0.05) is 25.5 Å². The molecule has 0 radical (unpaired) electrons. The lowest BCUT2D eigenvalue weighted by Gasteiger charge is -2.26. The highest BCUT2D eigenvalue weighted by Crippen LogP contribution is 2.16. The van der Waals surface area contributed by atoms with Crippen molar-refractivity contribution < 1.29 is 4.39 Å². The molecule has 1 aromatic carbocycles. The van der Waals surface area contributed by atoms with Crippen LogP contribution in [0.3, 0.4) is 0 Å². The van der Waals surface area contributed by atoms with Crippen molar-refractivity contribution in [1.29, 1.82) is 5.26 Å². The molecule has 114 valence electrons. The molecule has 1 N–H and O–H groups in total. The van der Waals surface area contributed by atoms with Gasteiger partial charge in [-0.15, -0.1) is 0 Å². The van der Waals surface area contributed by atoms with E-state index in [1.807, 2.05) is 6.07 Å². The maximum Gasteiger partial charge on any atom is 0.145 e. The Morgan fingerprint density at radius 2 is 2.33 bits per heavy atom. The van der Waals surface area contributed by atoms with Crippen LogP contribution in [0.25, 0.3) is 0 Å². The van der Waals surface area contributed by atoms with Gasteiger partial charge >= 0.3 is 0 Å². The van der Waals surface area contributed by atoms with Crippen molar-refractivity contribution in [3.8, 4) is 6.07 Å². The molecule has 0 saturated carbocycles. The molecule has 21 heavy (non-hydrogen) atoms. The summed E-state index contributed by atoms with van der Waals surface area (Å²) in [4.78, 5) is 2.31. The lowest BCUT2D eigenvalue weighted by Crippen LogP contribution is -2.37. The molecule has 1 aliphatic heterocycles. The normalized spacial score (nSPS) is 18.1. The Morgan fingerprint density at radius 1 is 1.48 bits per heavy atom. The molecule has 1 saturated heterocycles. The van der Waals surface area contributed by atoms with Crippen LogP contribution in [0, 0.1) is 17.1 Å². The first-order valence-electron chi connectivity index (χ1n) is 7.87. The van der Waals surface area contributed by atoms with Gasteiger partial charge < -0.3 is 5.32 Å². The summed E-state index contributed by atoms with van der Waals surface area (Å²) in [6.07, 6.45) is 4.68. The summed E-state index contributed by atoms with van der Waals surface area (Å²) in [5.41, 5.74) is 0.769. The van der Waals surface area contributed by atoms with Crippen molar-refractivity contribution in [2.75, 3.05) is 19.6 Å². The zero-order chi connectivity index (χ0) is 15.1. The van der Waals surface area contributed by atoms with Gasteiger partial charge in [0, 0.05) is 24.7 Å². The summed E-state index contributed by atoms with van der Waals surface area (Å²) in [6, 6.07) is 7.53. The Labute approximate surface area is 126 Å². The van der Waals surface area contributed by atoms with E-state index >= 15 is 0 Å². The molecule has 0 spiro atoms. The van der Waals surface area contributed by atoms with Crippen LogP contribution in [0.4, 0.5) is 4.39 Å². The highest BCUT2D eigenvalue weighted by molar-refractivity contribution is 5.34. The summed E-state index contributed by atoms with van der Waals surface area (Å²) in [5.74, 6) is -0.360. The third-order valence-electron chi connectivity index (χ3n) is 4.06. The topological polar surface area (TPSA) is 39.1 Å². The van der Waals surface area contributed by atoms with Gasteiger partial charge in [0.25, 0.3) is 0 Å². The fourth-order valence-electron chi connectivity index (χ4n) is 2.87. The number of hydrogen-bond donors (Lipinski definition) is 1. The van der Waals surface area contributed by atoms with E-state index in [4.69, 9.17) is 5.26 Å². The largest absolute Gasteiger partial charge is 0.313 e. The third-order valence-corrected chi connectivity index (χ3v) is 4.06. The van der Waals surface area contributed by atoms with Gasteiger partial charge in [0.05, 0.1) is 5.56 Å². The van der Waals surface area contributed by atoms with E-state index in [2.05, 4.69) is 17.1 Å². The molecule has 0 aromatic heterocycles. The number of rotatable bonds is 7. The lowest BCUT2D eigenvalue weighted by atomic mass is 10.1. The Morgan fingerprint density at radius 3 is 3.00 bits per heavy atom. The van der Waals surface area contributed by atoms with Crippen LogP contribution >= 0.6 is 0 Å². The van der Waals surface area contributed by atoms with E-state index in [-0.39, 0.29) is 11.4 Å². The highest BCUT2D eigenvalue weighted by Gasteiger charge is 2.19. The molecule has 3 nitrogen and oxygen atoms in total. The zero-order valence-electron chi connectivity index (χ0n) is 12.7. The van der Waals surface area contributed by atoms with E-state index < -0.39 is 0 Å². The fourth-order valence-corrected chi connectivity index (χ4v) is 2.87. The van der Waals surface area contributed by atoms with Crippen LogP contribution < -0.4 is 5.32 Å². The number of halogens is 1. The van der Waals surface area contributed by atoms with Crippen LogP contribution in [-0.4, -0.2) is 30.6 Å². The molecule has 0 amide bonds. The fraction of sp³-hybridized carbons (Fsp3) is 0.588. The standard InChI is InChI=1S/C17H24FN3/c1-2-3-10-21(13-16-8-5-9-20-16)12-15-7-4-6-14(11-19)17(15)18/h4,6-7,16,20H,2-3,5,8-10,12-13H2,1H3. The van der Waals surface area contributed by atoms with Gasteiger partial charge in [-0.3, -0.25) is 4.90 Å². The maximum absolute atomic E-state index is 14.2. The smallest absolute Gasteiger partial charge is 0.145 e. The van der Waals surface area contributed by atoms with E-state index in [1.54, 1.807) is 12.1 Å². The first kappa shape index (κ1) is 15.9. The van der Waals surface area contributed by atoms with Gasteiger partial charge in [0.15, 0.2) is 0 Å². The van der Waals surface area contributed by atoms with Crippen LogP contribution in [-0.2, 0) is 6.54 Å². The molecular weight excluding hydrogens is 265 g/mol. The second-order valence-corrected chi connectivity index (χ2v) is 5.77. The third kappa shape index (κ3) is 4.52. The Hall–Kier alpha value is -1.44. The van der Waals surface area contributed by atoms with Crippen LogP contribution in [0.15, 0.2) is 18.2 Å². The molecule has 1 heterocycles. The summed E-state index contributed by atoms with van der Waals surface area (Å²) in [5, 5.41) is 12.4. The molecule has 1 aliphatic rings. The summed E-state index contributed by atoms with van der Waals surface area (Å²) in [6.45, 7) is 5.77. The van der Waals surface area contributed by atoms with Crippen LogP contribution in [0.5, 0.6) is 0 Å². The quantitative estimate of drug-likeness (QED) is 0.838. The van der Waals surface area contributed by atoms with Gasteiger partial charge in [0.1, 0.15) is 11.9 Å². The minimum atomic E-state index is -0.360. The number of unbranched alkanes of at least 4 members (excludes halogenated alkanes) is 1. The van der Waals surface area contributed by atoms with Crippen LogP contribution in [0.2, 0.25) is 0 Å². The summed E-state index contributed by atoms with van der Waals surface area (Å²) in [7, 11) is 0. The Balaban J connectivity index is 2.04. The maximum atomic E-state index is 14.2. The average molecular weight is 289 g/mol. The number of hydrogen-bond acceptors (Lipinski definition) is 3. The van der Waals surface area contributed by atoms with Crippen molar-refractivity contribution >= 4 is 0 Å².